The van der Waals surface area contributed by atoms with Gasteiger partial charge < -0.3 is 19.2 Å². The van der Waals surface area contributed by atoms with E-state index in [0.717, 1.165) is 11.0 Å². The largest absolute Gasteiger partial charge is 0.462 e. The second-order valence-electron chi connectivity index (χ2n) is 11.3. The highest BCUT2D eigenvalue weighted by Gasteiger charge is 2.19. The topological polar surface area (TPSA) is 133 Å². The predicted octanol–water partition coefficient (Wildman–Crippen LogP) is 6.42. The van der Waals surface area contributed by atoms with Gasteiger partial charge in [0, 0.05) is 29.6 Å². The molecule has 0 fully saturated rings. The van der Waals surface area contributed by atoms with Crippen molar-refractivity contribution in [3.63, 3.8) is 0 Å². The fourth-order valence-corrected chi connectivity index (χ4v) is 5.16. The van der Waals surface area contributed by atoms with Crippen LogP contribution in [-0.2, 0) is 9.47 Å². The zero-order chi connectivity index (χ0) is 33.2. The molecule has 0 amide bonds. The molecule has 2 aromatic carbocycles. The fraction of sp³-hybridized carbons (Fsp3) is 0.273. The molecule has 0 radical (unpaired) electrons. The molecule has 0 aliphatic rings. The van der Waals surface area contributed by atoms with Crippen LogP contribution in [0.25, 0.3) is 42.9 Å². The van der Waals surface area contributed by atoms with Crippen molar-refractivity contribution >= 4 is 45.4 Å². The monoisotopic (exact) mass is 630 g/mol. The predicted molar refractivity (Wildman–Crippen MR) is 172 cm³/mol. The summed E-state index contributed by atoms with van der Waals surface area (Å²) in [4.78, 5) is 32.3. The first-order valence-corrected chi connectivity index (χ1v) is 14.9. The molecular formula is C33H30N10O4. The minimum absolute atomic E-state index is 0.0404. The van der Waals surface area contributed by atoms with E-state index in [-0.39, 0.29) is 36.4 Å². The summed E-state index contributed by atoms with van der Waals surface area (Å²) in [5.74, 6) is -0.505. The number of ether oxygens (including phenoxy) is 2. The molecule has 0 bridgehead atoms. The van der Waals surface area contributed by atoms with Gasteiger partial charge in [-0.25, -0.2) is 19.0 Å². The lowest BCUT2D eigenvalue weighted by Crippen LogP contribution is -2.10. The smallest absolute Gasteiger partial charge is 0.341 e. The Morgan fingerprint density at radius 1 is 0.723 bits per heavy atom. The molecule has 47 heavy (non-hydrogen) atoms. The molecule has 6 rings (SSSR count). The van der Waals surface area contributed by atoms with Crippen molar-refractivity contribution in [3.8, 4) is 11.4 Å². The molecule has 0 unspecified atom stereocenters. The number of esters is 2. The summed E-state index contributed by atoms with van der Waals surface area (Å²) < 4.78 is 17.4. The number of hydrogen-bond donors (Lipinski definition) is 0. The molecule has 6 aromatic rings. The van der Waals surface area contributed by atoms with Gasteiger partial charge >= 0.3 is 23.6 Å². The molecule has 0 N–H and O–H groups in total. The fourth-order valence-electron chi connectivity index (χ4n) is 5.16. The number of carbonyl (C=O) groups excluding carboxylic acids is 2. The number of rotatable bonds is 10. The molecular weight excluding hydrogens is 600 g/mol. The lowest BCUT2D eigenvalue weighted by Gasteiger charge is -2.06. The average molecular weight is 631 g/mol. The first-order chi connectivity index (χ1) is 22.7. The molecule has 0 atom stereocenters. The molecule has 0 saturated heterocycles. The molecule has 4 heterocycles. The zero-order valence-corrected chi connectivity index (χ0v) is 26.2. The normalized spacial score (nSPS) is 11.3. The summed E-state index contributed by atoms with van der Waals surface area (Å²) in [5, 5.41) is 18.8. The lowest BCUT2D eigenvalue weighted by molar-refractivity contribution is 0.0396. The zero-order valence-electron chi connectivity index (χ0n) is 26.2. The number of aromatic nitrogens is 8. The minimum atomic E-state index is -0.559. The van der Waals surface area contributed by atoms with Crippen LogP contribution in [0.4, 0.5) is 11.6 Å². The number of carbonyl (C=O) groups is 2. The lowest BCUT2D eigenvalue weighted by atomic mass is 10.2. The molecule has 0 aliphatic carbocycles. The Morgan fingerprint density at radius 3 is 1.53 bits per heavy atom. The van der Waals surface area contributed by atoms with E-state index in [4.69, 9.17) is 22.6 Å². The van der Waals surface area contributed by atoms with Crippen LogP contribution in [0.2, 0.25) is 0 Å². The Balaban J connectivity index is 1.01. The summed E-state index contributed by atoms with van der Waals surface area (Å²) in [7, 11) is 0. The van der Waals surface area contributed by atoms with E-state index in [0.29, 0.717) is 40.2 Å². The highest BCUT2D eigenvalue weighted by atomic mass is 16.5. The van der Waals surface area contributed by atoms with Crippen molar-refractivity contribution in [1.82, 2.24) is 39.1 Å². The van der Waals surface area contributed by atoms with Gasteiger partial charge in [-0.05, 0) is 74.3 Å². The Kier molecular flexibility index (Phi) is 8.25. The van der Waals surface area contributed by atoms with Crippen LogP contribution in [0.3, 0.4) is 0 Å². The van der Waals surface area contributed by atoms with E-state index in [9.17, 15) is 9.59 Å². The second-order valence-corrected chi connectivity index (χ2v) is 11.3. The third kappa shape index (κ3) is 5.92. The Bertz CT molecular complexity index is 2060. The Morgan fingerprint density at radius 2 is 1.15 bits per heavy atom. The quantitative estimate of drug-likeness (QED) is 0.0962. The summed E-state index contributed by atoms with van der Waals surface area (Å²) in [5.41, 5.74) is 3.57. The van der Waals surface area contributed by atoms with Gasteiger partial charge in [0.25, 0.3) is 0 Å². The first kappa shape index (κ1) is 30.7. The first-order valence-electron chi connectivity index (χ1n) is 14.9. The highest BCUT2D eigenvalue weighted by Crippen LogP contribution is 2.31. The highest BCUT2D eigenvalue weighted by molar-refractivity contribution is 5.94. The maximum Gasteiger partial charge on any atom is 0.341 e. The van der Waals surface area contributed by atoms with Crippen molar-refractivity contribution in [2.24, 2.45) is 0 Å². The van der Waals surface area contributed by atoms with Crippen LogP contribution >= 0.6 is 0 Å². The SMILES string of the molecule is [C-]#[N+]c1nn(C(C)C)c2ccc(-n3cc(C(=O)OCCCOC(=O)c4cnn(-c5ccc6c(c5)c([N+]#[C-])nn6C(C)C)c4)cn3)cc12. The van der Waals surface area contributed by atoms with Gasteiger partial charge in [-0.1, -0.05) is 13.1 Å². The van der Waals surface area contributed by atoms with Gasteiger partial charge in [-0.3, -0.25) is 0 Å². The van der Waals surface area contributed by atoms with Crippen LogP contribution in [0.15, 0.2) is 61.2 Å². The number of nitrogens with zero attached hydrogens (tertiary/aromatic N) is 10. The Hall–Kier alpha value is -6.28. The van der Waals surface area contributed by atoms with Crippen molar-refractivity contribution in [2.75, 3.05) is 13.2 Å². The molecule has 236 valence electrons. The van der Waals surface area contributed by atoms with E-state index in [1.54, 1.807) is 21.8 Å². The third-order valence-electron chi connectivity index (χ3n) is 7.45. The minimum Gasteiger partial charge on any atom is -0.462 e. The second kappa shape index (κ2) is 12.6. The van der Waals surface area contributed by atoms with E-state index in [1.807, 2.05) is 73.5 Å². The van der Waals surface area contributed by atoms with E-state index in [1.165, 1.54) is 12.4 Å². The van der Waals surface area contributed by atoms with Gasteiger partial charge in [0.05, 0.1) is 71.2 Å². The van der Waals surface area contributed by atoms with Gasteiger partial charge in [0.15, 0.2) is 0 Å². The molecule has 0 spiro atoms. The van der Waals surface area contributed by atoms with Gasteiger partial charge in [-0.15, -0.1) is 0 Å². The van der Waals surface area contributed by atoms with Crippen LogP contribution in [0.1, 0.15) is 66.9 Å². The standard InChI is InChI=1S/C33H30N10O4/c1-20(2)42-28-10-8-24(14-26(28)30(34-5)38-42)40-18-22(16-36-40)32(44)46-12-7-13-47-33(45)23-17-37-41(19-23)25-9-11-29-27(15-25)31(35-6)39-43(29)21(3)4/h8-11,14-21H,7,12-13H2,1-4H3. The molecule has 0 saturated carbocycles. The van der Waals surface area contributed by atoms with Crippen LogP contribution in [-0.4, -0.2) is 64.3 Å². The van der Waals surface area contributed by atoms with E-state index >= 15 is 0 Å². The number of hydrogen-bond acceptors (Lipinski definition) is 8. The van der Waals surface area contributed by atoms with E-state index < -0.39 is 11.9 Å². The summed E-state index contributed by atoms with van der Waals surface area (Å²) in [6, 6.07) is 11.3. The van der Waals surface area contributed by atoms with Gasteiger partial charge in [0.2, 0.25) is 0 Å². The van der Waals surface area contributed by atoms with Crippen molar-refractivity contribution < 1.29 is 19.1 Å². The van der Waals surface area contributed by atoms with Gasteiger partial charge in [-0.2, -0.15) is 19.6 Å². The third-order valence-corrected chi connectivity index (χ3v) is 7.45. The van der Waals surface area contributed by atoms with Gasteiger partial charge in [0.1, 0.15) is 0 Å². The summed E-state index contributed by atoms with van der Waals surface area (Å²) in [6.45, 7) is 23.0. The Labute approximate surface area is 269 Å². The molecule has 14 heteroatoms. The maximum atomic E-state index is 12.6. The molecule has 0 aliphatic heterocycles. The average Bonchev–Trinajstić information content (AvgIpc) is 3.88. The van der Waals surface area contributed by atoms with Crippen LogP contribution < -0.4 is 0 Å². The van der Waals surface area contributed by atoms with Crippen molar-refractivity contribution in [2.45, 2.75) is 46.2 Å². The van der Waals surface area contributed by atoms with E-state index in [2.05, 4.69) is 30.1 Å². The molecule has 14 nitrogen and oxygen atoms in total. The summed E-state index contributed by atoms with van der Waals surface area (Å²) >= 11 is 0. The summed E-state index contributed by atoms with van der Waals surface area (Å²) in [6.07, 6.45) is 6.23. The number of benzene rings is 2. The maximum absolute atomic E-state index is 12.6. The van der Waals surface area contributed by atoms with Crippen molar-refractivity contribution in [3.05, 3.63) is 95.1 Å². The number of fused-ring (bicyclic) bond motifs is 2. The van der Waals surface area contributed by atoms with Crippen molar-refractivity contribution in [1.29, 1.82) is 0 Å². The molecule has 4 aromatic heterocycles. The van der Waals surface area contributed by atoms with Crippen LogP contribution in [0.5, 0.6) is 0 Å². The van der Waals surface area contributed by atoms with Crippen LogP contribution in [0, 0.1) is 13.1 Å².